The van der Waals surface area contributed by atoms with E-state index in [1.807, 2.05) is 0 Å². The zero-order chi connectivity index (χ0) is 17.6. The summed E-state index contributed by atoms with van der Waals surface area (Å²) in [6.45, 7) is 0.512. The van der Waals surface area contributed by atoms with Crippen molar-refractivity contribution >= 4 is 11.8 Å². The topological polar surface area (TPSA) is 58.2 Å². The van der Waals surface area contributed by atoms with Gasteiger partial charge in [0.15, 0.2) is 0 Å². The first-order chi connectivity index (χ1) is 12.1. The average Bonchev–Trinajstić information content (AvgIpc) is 3.41. The minimum atomic E-state index is -0.256. The Morgan fingerprint density at radius 1 is 0.960 bits per heavy atom. The number of hydrogen-bond donors (Lipinski definition) is 2. The van der Waals surface area contributed by atoms with Crippen LogP contribution in [0.15, 0.2) is 24.3 Å². The van der Waals surface area contributed by atoms with Crippen molar-refractivity contribution in [3.05, 3.63) is 35.6 Å². The summed E-state index contributed by atoms with van der Waals surface area (Å²) in [5.74, 6) is -0.588. The molecule has 0 radical (unpaired) electrons. The van der Waals surface area contributed by atoms with Gasteiger partial charge in [-0.25, -0.2) is 4.39 Å². The highest BCUT2D eigenvalue weighted by molar-refractivity contribution is 5.92. The molecule has 4 nitrogen and oxygen atoms in total. The van der Waals surface area contributed by atoms with Gasteiger partial charge in [0, 0.05) is 12.6 Å². The summed E-state index contributed by atoms with van der Waals surface area (Å²) >= 11 is 0. The Hall–Kier alpha value is -1.91. The lowest BCUT2D eigenvalue weighted by atomic mass is 10.1. The Morgan fingerprint density at radius 3 is 2.28 bits per heavy atom. The van der Waals surface area contributed by atoms with E-state index in [4.69, 9.17) is 0 Å². The smallest absolute Gasteiger partial charge is 0.224 e. The van der Waals surface area contributed by atoms with E-state index in [-0.39, 0.29) is 35.5 Å². The first-order valence-corrected chi connectivity index (χ1v) is 9.46. The number of carbonyl (C=O) groups excluding carboxylic acids is 2. The second-order valence-electron chi connectivity index (χ2n) is 7.31. The molecule has 0 aromatic heterocycles. The standard InChI is InChI=1S/C20H27FN2O2/c21-15-9-7-14(8-10-15)11-12-22-19(24)17-13-18(17)20(25)23-16-5-3-1-2-4-6-16/h7-10,16-18H,1-6,11-13H2,(H,22,24)(H,23,25). The molecule has 0 saturated heterocycles. The predicted octanol–water partition coefficient (Wildman–Crippen LogP) is 2.96. The largest absolute Gasteiger partial charge is 0.356 e. The lowest BCUT2D eigenvalue weighted by Crippen LogP contribution is -2.37. The van der Waals surface area contributed by atoms with Gasteiger partial charge in [0.2, 0.25) is 11.8 Å². The highest BCUT2D eigenvalue weighted by Crippen LogP contribution is 2.39. The minimum absolute atomic E-state index is 0.0388. The van der Waals surface area contributed by atoms with Crippen LogP contribution in [0.3, 0.4) is 0 Å². The Kier molecular flexibility index (Phi) is 6.05. The van der Waals surface area contributed by atoms with Crippen molar-refractivity contribution in [2.45, 2.75) is 57.4 Å². The van der Waals surface area contributed by atoms with Crippen molar-refractivity contribution in [1.82, 2.24) is 10.6 Å². The zero-order valence-corrected chi connectivity index (χ0v) is 14.6. The average molecular weight is 346 g/mol. The second-order valence-corrected chi connectivity index (χ2v) is 7.31. The van der Waals surface area contributed by atoms with Crippen LogP contribution in [0.4, 0.5) is 4.39 Å². The Balaban J connectivity index is 1.36. The molecule has 0 aliphatic heterocycles. The van der Waals surface area contributed by atoms with Crippen molar-refractivity contribution in [3.8, 4) is 0 Å². The third-order valence-electron chi connectivity index (χ3n) is 5.29. The number of rotatable bonds is 6. The van der Waals surface area contributed by atoms with Gasteiger partial charge >= 0.3 is 0 Å². The van der Waals surface area contributed by atoms with Crippen LogP contribution in [0, 0.1) is 17.7 Å². The summed E-state index contributed by atoms with van der Waals surface area (Å²) in [7, 11) is 0. The number of benzene rings is 1. The second kappa shape index (κ2) is 8.45. The van der Waals surface area contributed by atoms with Gasteiger partial charge in [-0.05, 0) is 43.4 Å². The predicted molar refractivity (Wildman–Crippen MR) is 94.3 cm³/mol. The number of carbonyl (C=O) groups is 2. The third kappa shape index (κ3) is 5.28. The van der Waals surface area contributed by atoms with Crippen molar-refractivity contribution < 1.29 is 14.0 Å². The molecular formula is C20H27FN2O2. The molecule has 0 heterocycles. The van der Waals surface area contributed by atoms with Gasteiger partial charge < -0.3 is 10.6 Å². The molecule has 2 aliphatic carbocycles. The first kappa shape index (κ1) is 17.9. The molecule has 1 aromatic rings. The molecule has 3 rings (SSSR count). The molecular weight excluding hydrogens is 319 g/mol. The van der Waals surface area contributed by atoms with Crippen LogP contribution in [0.25, 0.3) is 0 Å². The molecule has 0 bridgehead atoms. The van der Waals surface area contributed by atoms with Crippen LogP contribution in [-0.2, 0) is 16.0 Å². The molecule has 25 heavy (non-hydrogen) atoms. The quantitative estimate of drug-likeness (QED) is 0.778. The monoisotopic (exact) mass is 346 g/mol. The fourth-order valence-electron chi connectivity index (χ4n) is 3.62. The van der Waals surface area contributed by atoms with Crippen LogP contribution in [-0.4, -0.2) is 24.4 Å². The fourth-order valence-corrected chi connectivity index (χ4v) is 3.62. The van der Waals surface area contributed by atoms with Crippen LogP contribution >= 0.6 is 0 Å². The molecule has 2 fully saturated rings. The van der Waals surface area contributed by atoms with Crippen LogP contribution in [0.5, 0.6) is 0 Å². The summed E-state index contributed by atoms with van der Waals surface area (Å²) in [5.41, 5.74) is 0.986. The lowest BCUT2D eigenvalue weighted by Gasteiger charge is -2.16. The van der Waals surface area contributed by atoms with Gasteiger partial charge in [0.25, 0.3) is 0 Å². The highest BCUT2D eigenvalue weighted by atomic mass is 19.1. The van der Waals surface area contributed by atoms with Gasteiger partial charge in [-0.3, -0.25) is 9.59 Å². The fraction of sp³-hybridized carbons (Fsp3) is 0.600. The molecule has 2 N–H and O–H groups in total. The summed E-state index contributed by atoms with van der Waals surface area (Å²) in [5, 5.41) is 6.03. The lowest BCUT2D eigenvalue weighted by molar-refractivity contribution is -0.127. The summed E-state index contributed by atoms with van der Waals surface area (Å²) in [4.78, 5) is 24.5. The maximum absolute atomic E-state index is 12.9. The first-order valence-electron chi connectivity index (χ1n) is 9.46. The van der Waals surface area contributed by atoms with E-state index in [0.717, 1.165) is 18.4 Å². The minimum Gasteiger partial charge on any atom is -0.356 e. The van der Waals surface area contributed by atoms with Gasteiger partial charge in [0.1, 0.15) is 5.82 Å². The van der Waals surface area contributed by atoms with E-state index in [0.29, 0.717) is 19.4 Å². The summed E-state index contributed by atoms with van der Waals surface area (Å²) in [6, 6.07) is 6.58. The molecule has 136 valence electrons. The van der Waals surface area contributed by atoms with Crippen molar-refractivity contribution in [2.75, 3.05) is 6.54 Å². The van der Waals surface area contributed by atoms with Crippen molar-refractivity contribution in [3.63, 3.8) is 0 Å². The summed E-state index contributed by atoms with van der Waals surface area (Å²) < 4.78 is 12.9. The number of halogens is 1. The molecule has 2 atom stereocenters. The van der Waals surface area contributed by atoms with Gasteiger partial charge in [-0.1, -0.05) is 37.8 Å². The van der Waals surface area contributed by atoms with Gasteiger partial charge in [-0.15, -0.1) is 0 Å². The Morgan fingerprint density at radius 2 is 1.60 bits per heavy atom. The van der Waals surface area contributed by atoms with E-state index in [1.165, 1.54) is 37.8 Å². The van der Waals surface area contributed by atoms with E-state index in [2.05, 4.69) is 10.6 Å². The zero-order valence-electron chi connectivity index (χ0n) is 14.6. The van der Waals surface area contributed by atoms with Gasteiger partial charge in [-0.2, -0.15) is 0 Å². The maximum atomic E-state index is 12.9. The molecule has 2 saturated carbocycles. The molecule has 0 spiro atoms. The van der Waals surface area contributed by atoms with E-state index in [9.17, 15) is 14.0 Å². The van der Waals surface area contributed by atoms with Crippen molar-refractivity contribution in [2.24, 2.45) is 11.8 Å². The SMILES string of the molecule is O=C(NCCc1ccc(F)cc1)C1CC1C(=O)NC1CCCCCC1. The van der Waals surface area contributed by atoms with E-state index < -0.39 is 0 Å². The van der Waals surface area contributed by atoms with Crippen LogP contribution < -0.4 is 10.6 Å². The number of hydrogen-bond acceptors (Lipinski definition) is 2. The molecule has 1 aromatic carbocycles. The molecule has 2 aliphatic rings. The van der Waals surface area contributed by atoms with Gasteiger partial charge in [0.05, 0.1) is 11.8 Å². The molecule has 2 unspecified atom stereocenters. The number of nitrogens with one attached hydrogen (secondary N) is 2. The third-order valence-corrected chi connectivity index (χ3v) is 5.29. The van der Waals surface area contributed by atoms with E-state index >= 15 is 0 Å². The summed E-state index contributed by atoms with van der Waals surface area (Å²) in [6.07, 6.45) is 8.33. The van der Waals surface area contributed by atoms with Crippen LogP contribution in [0.2, 0.25) is 0 Å². The highest BCUT2D eigenvalue weighted by Gasteiger charge is 2.48. The Bertz CT molecular complexity index is 594. The molecule has 5 heteroatoms. The van der Waals surface area contributed by atoms with E-state index in [1.54, 1.807) is 12.1 Å². The van der Waals surface area contributed by atoms with Crippen molar-refractivity contribution in [1.29, 1.82) is 0 Å². The molecule has 2 amide bonds. The maximum Gasteiger partial charge on any atom is 0.224 e. The number of amides is 2. The normalized spacial score (nSPS) is 23.6. The Labute approximate surface area is 148 Å². The van der Waals surface area contributed by atoms with Crippen LogP contribution in [0.1, 0.15) is 50.5 Å².